The first-order chi connectivity index (χ1) is 10.8. The fourth-order valence-corrected chi connectivity index (χ4v) is 3.39. The van der Waals surface area contributed by atoms with Crippen molar-refractivity contribution < 1.29 is 9.21 Å². The zero-order valence-electron chi connectivity index (χ0n) is 12.3. The molecule has 1 aliphatic carbocycles. The predicted molar refractivity (Wildman–Crippen MR) is 85.0 cm³/mol. The lowest BCUT2D eigenvalue weighted by molar-refractivity contribution is 0.0930. The highest BCUT2D eigenvalue weighted by atomic mass is 16.3. The highest BCUT2D eigenvalue weighted by molar-refractivity contribution is 6.11. The number of amides is 1. The van der Waals surface area contributed by atoms with E-state index in [-0.39, 0.29) is 5.91 Å². The van der Waals surface area contributed by atoms with Crippen molar-refractivity contribution in [2.45, 2.75) is 38.1 Å². The van der Waals surface area contributed by atoms with Crippen LogP contribution in [0.3, 0.4) is 0 Å². The third kappa shape index (κ3) is 2.25. The largest absolute Gasteiger partial charge is 0.456 e. The van der Waals surface area contributed by atoms with E-state index in [2.05, 4.69) is 10.3 Å². The van der Waals surface area contributed by atoms with Crippen LogP contribution in [0.25, 0.3) is 22.3 Å². The molecule has 1 N–H and O–H groups in total. The molecule has 3 aromatic heterocycles. The van der Waals surface area contributed by atoms with Crippen molar-refractivity contribution in [1.29, 1.82) is 0 Å². The number of hydrogen-bond acceptors (Lipinski definition) is 3. The van der Waals surface area contributed by atoms with Crippen molar-refractivity contribution >= 4 is 17.1 Å². The molecule has 0 aliphatic heterocycles. The molecule has 0 atom stereocenters. The standard InChI is InChI=1S/C18H18N2O2/c21-18(20-13-4-2-1-3-5-13)17-15-7-6-14(22-15)16(17)12-8-10-19-11-9-12/h6-11,13H,1-5H2,(H,20,21). The Bertz CT molecular complexity index is 773. The lowest BCUT2D eigenvalue weighted by atomic mass is 9.94. The maximum absolute atomic E-state index is 12.8. The minimum Gasteiger partial charge on any atom is -0.456 e. The van der Waals surface area contributed by atoms with Crippen LogP contribution in [0.4, 0.5) is 0 Å². The van der Waals surface area contributed by atoms with Crippen molar-refractivity contribution in [3.63, 3.8) is 0 Å². The van der Waals surface area contributed by atoms with E-state index in [1.54, 1.807) is 12.4 Å². The molecule has 0 aromatic carbocycles. The van der Waals surface area contributed by atoms with E-state index < -0.39 is 0 Å². The summed E-state index contributed by atoms with van der Waals surface area (Å²) in [6, 6.07) is 7.91. The molecule has 22 heavy (non-hydrogen) atoms. The number of hydrogen-bond donors (Lipinski definition) is 1. The summed E-state index contributed by atoms with van der Waals surface area (Å²) in [6.45, 7) is 0. The van der Waals surface area contributed by atoms with Gasteiger partial charge in [0.2, 0.25) is 0 Å². The second-order valence-electron chi connectivity index (χ2n) is 5.96. The molecule has 4 heteroatoms. The topological polar surface area (TPSA) is 55.1 Å². The van der Waals surface area contributed by atoms with Gasteiger partial charge in [-0.1, -0.05) is 19.3 Å². The fraction of sp³-hybridized carbons (Fsp3) is 0.333. The van der Waals surface area contributed by atoms with Crippen molar-refractivity contribution in [2.75, 3.05) is 0 Å². The Morgan fingerprint density at radius 2 is 1.77 bits per heavy atom. The fourth-order valence-electron chi connectivity index (χ4n) is 3.39. The van der Waals surface area contributed by atoms with Gasteiger partial charge in [0, 0.05) is 24.0 Å². The van der Waals surface area contributed by atoms with Crippen LogP contribution in [0.2, 0.25) is 0 Å². The van der Waals surface area contributed by atoms with E-state index in [1.165, 1.54) is 19.3 Å². The Morgan fingerprint density at radius 1 is 1.05 bits per heavy atom. The van der Waals surface area contributed by atoms with Gasteiger partial charge >= 0.3 is 0 Å². The summed E-state index contributed by atoms with van der Waals surface area (Å²) >= 11 is 0. The molecule has 1 aliphatic rings. The van der Waals surface area contributed by atoms with Crippen molar-refractivity contribution in [2.24, 2.45) is 0 Å². The van der Waals surface area contributed by atoms with Crippen LogP contribution in [0.1, 0.15) is 42.5 Å². The monoisotopic (exact) mass is 294 g/mol. The maximum atomic E-state index is 12.8. The number of nitrogens with one attached hydrogen (secondary N) is 1. The third-order valence-corrected chi connectivity index (χ3v) is 4.49. The van der Waals surface area contributed by atoms with E-state index in [4.69, 9.17) is 4.42 Å². The first kappa shape index (κ1) is 13.3. The number of aromatic nitrogens is 1. The van der Waals surface area contributed by atoms with E-state index in [1.807, 2.05) is 24.3 Å². The minimum atomic E-state index is -0.0203. The van der Waals surface area contributed by atoms with Crippen LogP contribution in [0, 0.1) is 0 Å². The van der Waals surface area contributed by atoms with Crippen LogP contribution < -0.4 is 5.32 Å². The van der Waals surface area contributed by atoms with E-state index >= 15 is 0 Å². The molecule has 4 rings (SSSR count). The molecule has 4 nitrogen and oxygen atoms in total. The highest BCUT2D eigenvalue weighted by Gasteiger charge is 2.25. The molecule has 3 heterocycles. The molecule has 1 amide bonds. The predicted octanol–water partition coefficient (Wildman–Crippen LogP) is 4.00. The second-order valence-corrected chi connectivity index (χ2v) is 5.96. The lowest BCUT2D eigenvalue weighted by Crippen LogP contribution is -2.36. The molecule has 0 saturated heterocycles. The second kappa shape index (κ2) is 5.44. The number of nitrogens with zero attached hydrogens (tertiary/aromatic N) is 1. The van der Waals surface area contributed by atoms with Crippen LogP contribution in [0.15, 0.2) is 41.1 Å². The average molecular weight is 294 g/mol. The molecular formula is C18H18N2O2. The van der Waals surface area contributed by atoms with E-state index in [9.17, 15) is 4.79 Å². The number of fused-ring (bicyclic) bond motifs is 2. The molecular weight excluding hydrogens is 276 g/mol. The number of carbonyl (C=O) groups excluding carboxylic acids is 1. The maximum Gasteiger partial charge on any atom is 0.256 e. The number of pyridine rings is 1. The molecule has 112 valence electrons. The zero-order valence-corrected chi connectivity index (χ0v) is 12.3. The SMILES string of the molecule is O=C(NC1CCCCC1)c1c(-c2ccncc2)c2ccc1o2. The zero-order chi connectivity index (χ0) is 14.9. The molecule has 2 bridgehead atoms. The van der Waals surface area contributed by atoms with Gasteiger partial charge in [0.25, 0.3) is 5.91 Å². The number of rotatable bonds is 3. The Balaban J connectivity index is 1.68. The Morgan fingerprint density at radius 3 is 2.55 bits per heavy atom. The minimum absolute atomic E-state index is 0.0203. The van der Waals surface area contributed by atoms with Gasteiger partial charge in [-0.3, -0.25) is 9.78 Å². The van der Waals surface area contributed by atoms with Crippen LogP contribution in [0.5, 0.6) is 0 Å². The van der Waals surface area contributed by atoms with Crippen LogP contribution in [-0.2, 0) is 0 Å². The number of carbonyl (C=O) groups is 1. The van der Waals surface area contributed by atoms with Gasteiger partial charge in [-0.25, -0.2) is 0 Å². The van der Waals surface area contributed by atoms with Gasteiger partial charge in [-0.05, 0) is 42.7 Å². The molecule has 1 fully saturated rings. The molecule has 0 spiro atoms. The number of furan rings is 2. The number of benzene rings is 1. The van der Waals surface area contributed by atoms with Gasteiger partial charge in [0.05, 0.1) is 5.56 Å². The summed E-state index contributed by atoms with van der Waals surface area (Å²) in [5.74, 6) is -0.0203. The highest BCUT2D eigenvalue weighted by Crippen LogP contribution is 2.36. The Labute approximate surface area is 128 Å². The smallest absolute Gasteiger partial charge is 0.256 e. The quantitative estimate of drug-likeness (QED) is 0.794. The van der Waals surface area contributed by atoms with Crippen LogP contribution >= 0.6 is 0 Å². The normalized spacial score (nSPS) is 16.2. The van der Waals surface area contributed by atoms with Gasteiger partial charge in [-0.15, -0.1) is 0 Å². The summed E-state index contributed by atoms with van der Waals surface area (Å²) in [5.41, 5.74) is 3.94. The first-order valence-electron chi connectivity index (χ1n) is 7.89. The molecule has 3 aromatic rings. The lowest BCUT2D eigenvalue weighted by Gasteiger charge is -2.22. The molecule has 0 radical (unpaired) electrons. The van der Waals surface area contributed by atoms with E-state index in [0.29, 0.717) is 17.2 Å². The average Bonchev–Trinajstić information content (AvgIpc) is 3.17. The summed E-state index contributed by atoms with van der Waals surface area (Å²) in [6.07, 6.45) is 9.30. The molecule has 1 saturated carbocycles. The first-order valence-corrected chi connectivity index (χ1v) is 7.89. The van der Waals surface area contributed by atoms with Gasteiger partial charge in [-0.2, -0.15) is 0 Å². The van der Waals surface area contributed by atoms with E-state index in [0.717, 1.165) is 29.6 Å². The van der Waals surface area contributed by atoms with Crippen molar-refractivity contribution in [3.05, 3.63) is 42.2 Å². The van der Waals surface area contributed by atoms with Crippen LogP contribution in [-0.4, -0.2) is 16.9 Å². The summed E-state index contributed by atoms with van der Waals surface area (Å²) in [4.78, 5) is 16.8. The third-order valence-electron chi connectivity index (χ3n) is 4.49. The van der Waals surface area contributed by atoms with Gasteiger partial charge < -0.3 is 9.73 Å². The summed E-state index contributed by atoms with van der Waals surface area (Å²) < 4.78 is 5.73. The van der Waals surface area contributed by atoms with Gasteiger partial charge in [0.15, 0.2) is 0 Å². The summed E-state index contributed by atoms with van der Waals surface area (Å²) in [7, 11) is 0. The molecule has 0 unspecified atom stereocenters. The Kier molecular flexibility index (Phi) is 3.29. The Hall–Kier alpha value is -2.36. The summed E-state index contributed by atoms with van der Waals surface area (Å²) in [5, 5.41) is 3.18. The van der Waals surface area contributed by atoms with Crippen molar-refractivity contribution in [1.82, 2.24) is 10.3 Å². The van der Waals surface area contributed by atoms with Gasteiger partial charge in [0.1, 0.15) is 11.2 Å². The van der Waals surface area contributed by atoms with Crippen molar-refractivity contribution in [3.8, 4) is 11.1 Å².